The lowest BCUT2D eigenvalue weighted by Gasteiger charge is -2.28. The first kappa shape index (κ1) is 24.5. The van der Waals surface area contributed by atoms with Crippen LogP contribution in [0.25, 0.3) is 0 Å². The number of ether oxygens (including phenoxy) is 1. The van der Waals surface area contributed by atoms with Gasteiger partial charge in [-0.3, -0.25) is 9.59 Å². The minimum Gasteiger partial charge on any atom is -0.506 e. The quantitative estimate of drug-likeness (QED) is 0.311. The van der Waals surface area contributed by atoms with Gasteiger partial charge in [0.2, 0.25) is 5.91 Å². The number of rotatable bonds is 7. The van der Waals surface area contributed by atoms with Gasteiger partial charge in [-0.2, -0.15) is 5.26 Å². The summed E-state index contributed by atoms with van der Waals surface area (Å²) in [4.78, 5) is 27.6. The van der Waals surface area contributed by atoms with E-state index < -0.39 is 5.92 Å². The van der Waals surface area contributed by atoms with Gasteiger partial charge in [0.15, 0.2) is 0 Å². The maximum Gasteiger partial charge on any atom is 0.251 e. The summed E-state index contributed by atoms with van der Waals surface area (Å²) in [5.74, 6) is -1.22. The van der Waals surface area contributed by atoms with Crippen molar-refractivity contribution >= 4 is 62.7 Å². The van der Waals surface area contributed by atoms with Crippen LogP contribution in [0.3, 0.4) is 0 Å². The number of nitrogens with zero attached hydrogens (tertiary/aromatic N) is 2. The molecule has 3 N–H and O–H groups in total. The van der Waals surface area contributed by atoms with E-state index in [1.165, 1.54) is 0 Å². The molecular formula is C22H22I2N4O4. The fourth-order valence-corrected chi connectivity index (χ4v) is 5.16. The van der Waals surface area contributed by atoms with Crippen LogP contribution in [0.4, 0.5) is 5.69 Å². The van der Waals surface area contributed by atoms with Crippen molar-refractivity contribution in [3.05, 3.63) is 54.7 Å². The van der Waals surface area contributed by atoms with Crippen LogP contribution in [0.5, 0.6) is 5.75 Å². The molecule has 0 aromatic heterocycles. The van der Waals surface area contributed by atoms with Crippen LogP contribution in [0.15, 0.2) is 36.4 Å². The molecule has 2 amide bonds. The summed E-state index contributed by atoms with van der Waals surface area (Å²) >= 11 is 3.99. The molecule has 168 valence electrons. The van der Waals surface area contributed by atoms with Crippen molar-refractivity contribution in [1.82, 2.24) is 10.6 Å². The van der Waals surface area contributed by atoms with Gasteiger partial charge in [-0.05, 0) is 87.1 Å². The van der Waals surface area contributed by atoms with E-state index in [0.717, 1.165) is 18.8 Å². The predicted octanol–water partition coefficient (Wildman–Crippen LogP) is 2.59. The number of carbonyl (C=O) groups is 2. The second-order valence-corrected chi connectivity index (χ2v) is 9.44. The maximum atomic E-state index is 12.7. The summed E-state index contributed by atoms with van der Waals surface area (Å²) in [6.07, 6.45) is 0. The Kier molecular flexibility index (Phi) is 8.94. The second-order valence-electron chi connectivity index (χ2n) is 7.12. The van der Waals surface area contributed by atoms with Crippen LogP contribution in [0.1, 0.15) is 21.8 Å². The largest absolute Gasteiger partial charge is 0.506 e. The Hall–Kier alpha value is -2.11. The zero-order valence-electron chi connectivity index (χ0n) is 17.1. The van der Waals surface area contributed by atoms with Crippen molar-refractivity contribution in [3.8, 4) is 11.8 Å². The number of benzene rings is 2. The number of aromatic hydroxyl groups is 1. The maximum absolute atomic E-state index is 12.7. The monoisotopic (exact) mass is 660 g/mol. The molecule has 1 heterocycles. The number of hydrogen-bond acceptors (Lipinski definition) is 6. The highest BCUT2D eigenvalue weighted by Crippen LogP contribution is 2.30. The molecule has 0 radical (unpaired) electrons. The normalized spacial score (nSPS) is 14.3. The van der Waals surface area contributed by atoms with Crippen molar-refractivity contribution in [2.75, 3.05) is 44.3 Å². The van der Waals surface area contributed by atoms with E-state index in [-0.39, 0.29) is 30.7 Å². The number of halogens is 2. The molecule has 1 unspecified atom stereocenters. The lowest BCUT2D eigenvalue weighted by Crippen LogP contribution is -2.38. The highest BCUT2D eigenvalue weighted by Gasteiger charge is 2.23. The van der Waals surface area contributed by atoms with Gasteiger partial charge in [0.25, 0.3) is 5.91 Å². The number of anilines is 1. The number of amides is 2. The van der Waals surface area contributed by atoms with E-state index in [1.54, 1.807) is 24.3 Å². The first-order valence-electron chi connectivity index (χ1n) is 9.94. The molecule has 2 aromatic carbocycles. The fraction of sp³-hybridized carbons (Fsp3) is 0.318. The number of phenolic OH excluding ortho intramolecular Hbond substituents is 1. The van der Waals surface area contributed by atoms with Gasteiger partial charge in [0.05, 0.1) is 32.3 Å². The second kappa shape index (κ2) is 11.7. The van der Waals surface area contributed by atoms with Crippen LogP contribution >= 0.6 is 45.2 Å². The topological polar surface area (TPSA) is 115 Å². The highest BCUT2D eigenvalue weighted by molar-refractivity contribution is 14.1. The van der Waals surface area contributed by atoms with Gasteiger partial charge in [-0.15, -0.1) is 0 Å². The lowest BCUT2D eigenvalue weighted by molar-refractivity contribution is -0.122. The van der Waals surface area contributed by atoms with Gasteiger partial charge in [0.1, 0.15) is 12.3 Å². The Morgan fingerprint density at radius 1 is 1.12 bits per heavy atom. The zero-order valence-corrected chi connectivity index (χ0v) is 21.4. The van der Waals surface area contributed by atoms with E-state index in [1.807, 2.05) is 63.4 Å². The van der Waals surface area contributed by atoms with Crippen LogP contribution in [0, 0.1) is 18.5 Å². The number of carbonyl (C=O) groups excluding carboxylic acids is 2. The third-order valence-corrected chi connectivity index (χ3v) is 6.72. The molecule has 1 aliphatic heterocycles. The van der Waals surface area contributed by atoms with Gasteiger partial charge in [0, 0.05) is 30.9 Å². The molecule has 0 spiro atoms. The van der Waals surface area contributed by atoms with Gasteiger partial charge in [-0.1, -0.05) is 0 Å². The van der Waals surface area contributed by atoms with E-state index in [9.17, 15) is 14.7 Å². The van der Waals surface area contributed by atoms with Crippen LogP contribution in [-0.4, -0.2) is 56.3 Å². The first-order chi connectivity index (χ1) is 15.4. The van der Waals surface area contributed by atoms with E-state index in [2.05, 4.69) is 15.5 Å². The molecule has 32 heavy (non-hydrogen) atoms. The SMILES string of the molecule is N#CCNC(=O)C(CNC(=O)c1ccc(N2CCOCC2)cc1)c1cc(I)c(O)c(I)c1. The van der Waals surface area contributed by atoms with E-state index >= 15 is 0 Å². The van der Waals surface area contributed by atoms with Crippen molar-refractivity contribution in [2.24, 2.45) is 0 Å². The Bertz CT molecular complexity index is 995. The smallest absolute Gasteiger partial charge is 0.251 e. The lowest BCUT2D eigenvalue weighted by atomic mass is 9.97. The molecule has 0 aliphatic carbocycles. The average Bonchev–Trinajstić information content (AvgIpc) is 2.81. The average molecular weight is 660 g/mol. The third kappa shape index (κ3) is 6.23. The summed E-state index contributed by atoms with van der Waals surface area (Å²) < 4.78 is 6.58. The van der Waals surface area contributed by atoms with Gasteiger partial charge in [-0.25, -0.2) is 0 Å². The van der Waals surface area contributed by atoms with Crippen molar-refractivity contribution in [1.29, 1.82) is 5.26 Å². The van der Waals surface area contributed by atoms with E-state index in [4.69, 9.17) is 10.00 Å². The summed E-state index contributed by atoms with van der Waals surface area (Å²) in [6.45, 7) is 2.93. The number of nitrogens with one attached hydrogen (secondary N) is 2. The minimum atomic E-state index is -0.706. The Morgan fingerprint density at radius 3 is 2.34 bits per heavy atom. The molecule has 1 aliphatic rings. The molecule has 1 saturated heterocycles. The van der Waals surface area contributed by atoms with Gasteiger partial charge < -0.3 is 25.4 Å². The summed E-state index contributed by atoms with van der Waals surface area (Å²) in [5, 5.41) is 24.2. The molecule has 1 fully saturated rings. The predicted molar refractivity (Wildman–Crippen MR) is 137 cm³/mol. The number of morpholine rings is 1. The van der Waals surface area contributed by atoms with Crippen LogP contribution in [0.2, 0.25) is 0 Å². The number of nitriles is 1. The summed E-state index contributed by atoms with van der Waals surface area (Å²) in [6, 6.07) is 12.6. The molecule has 3 rings (SSSR count). The molecule has 0 bridgehead atoms. The van der Waals surface area contributed by atoms with Gasteiger partial charge >= 0.3 is 0 Å². The number of phenols is 1. The first-order valence-corrected chi connectivity index (χ1v) is 12.1. The molecule has 10 heteroatoms. The highest BCUT2D eigenvalue weighted by atomic mass is 127. The Balaban J connectivity index is 1.71. The van der Waals surface area contributed by atoms with E-state index in [0.29, 0.717) is 31.5 Å². The minimum absolute atomic E-state index is 0.0538. The van der Waals surface area contributed by atoms with Crippen molar-refractivity contribution in [3.63, 3.8) is 0 Å². The van der Waals surface area contributed by atoms with Crippen molar-refractivity contribution in [2.45, 2.75) is 5.92 Å². The van der Waals surface area contributed by atoms with Crippen LogP contribution in [-0.2, 0) is 9.53 Å². The Labute approximate surface area is 213 Å². The molecular weight excluding hydrogens is 638 g/mol. The zero-order chi connectivity index (χ0) is 23.1. The van der Waals surface area contributed by atoms with Crippen molar-refractivity contribution < 1.29 is 19.4 Å². The molecule has 0 saturated carbocycles. The molecule has 2 aromatic rings. The molecule has 1 atom stereocenters. The third-order valence-electron chi connectivity index (χ3n) is 5.07. The molecule has 8 nitrogen and oxygen atoms in total. The Morgan fingerprint density at radius 2 is 1.75 bits per heavy atom. The standard InChI is InChI=1S/C22H22I2N4O4/c23-18-11-15(12-19(24)20(18)29)17(22(31)26-6-5-25)13-27-21(30)14-1-3-16(4-2-14)28-7-9-32-10-8-28/h1-4,11-12,17,29H,6-10,13H2,(H,26,31)(H,27,30). The summed E-state index contributed by atoms with van der Waals surface area (Å²) in [5.41, 5.74) is 2.18. The number of hydrogen-bond donors (Lipinski definition) is 3. The van der Waals surface area contributed by atoms with Crippen LogP contribution < -0.4 is 15.5 Å². The fourth-order valence-electron chi connectivity index (χ4n) is 3.34. The summed E-state index contributed by atoms with van der Waals surface area (Å²) in [7, 11) is 0.